The summed E-state index contributed by atoms with van der Waals surface area (Å²) in [4.78, 5) is 101. The Balaban J connectivity index is 1.10. The molecule has 3 fully saturated rings. The molecular formula is C56H70N8O12. The molecule has 4 aromatic rings. The predicted octanol–water partition coefficient (Wildman–Crippen LogP) is 1.65. The highest BCUT2D eigenvalue weighted by Crippen LogP contribution is 2.28. The fraction of sp³-hybridized carbons (Fsp3) is 0.446. The molecular weight excluding hydrogens is 977 g/mol. The number of aliphatic hydroxyl groups excluding tert-OH is 3. The first kappa shape index (κ1) is 56.3. The Labute approximate surface area is 441 Å². The number of fused-ring (bicyclic) bond motifs is 2. The zero-order valence-electron chi connectivity index (χ0n) is 42.9. The summed E-state index contributed by atoms with van der Waals surface area (Å²) in [5.74, 6) is -4.74. The number of hydrogen-bond donors (Lipinski definition) is 10. The standard InChI is InChI=1S/C56H70N8O12/c1-3-4-5-27-76-43-23-19-38(20-24-43)36-13-11-35(12-14-36)37-15-17-39(18-16-37)50(69)59-44-7-6-26-58-53(72)47-28-40(57)30-63(47)55(74)46(32-65)61-51(70)45(25-10-34-8-21-41(67)22-9-34)60-54(73)48-29-42(68)31-64(48)56(75)49(33(2)66)62-52(44)71/h8-9,11-24,33,40,42,44-49,65-68H,3-7,10,25-32,57H2,1-2H3,(H,58,72)(H,59,69)(H,60,73)(H,61,70)(H,62,71)/t33-,40+,42-,44+,45?,46+,47+,48+,49+/m1/s1. The monoisotopic (exact) mass is 1050 g/mol. The van der Waals surface area contributed by atoms with Crippen molar-refractivity contribution in [2.24, 2.45) is 5.73 Å². The minimum Gasteiger partial charge on any atom is -0.508 e. The van der Waals surface area contributed by atoms with Crippen molar-refractivity contribution in [1.29, 1.82) is 0 Å². The number of ether oxygens (including phenoxy) is 1. The van der Waals surface area contributed by atoms with Gasteiger partial charge in [-0.05, 0) is 110 Å². The zero-order chi connectivity index (χ0) is 54.5. The van der Waals surface area contributed by atoms with Gasteiger partial charge in [-0.25, -0.2) is 0 Å². The van der Waals surface area contributed by atoms with Gasteiger partial charge >= 0.3 is 0 Å². The molecule has 0 radical (unpaired) electrons. The fourth-order valence-electron chi connectivity index (χ4n) is 9.76. The summed E-state index contributed by atoms with van der Waals surface area (Å²) in [7, 11) is 0. The number of nitrogens with zero attached hydrogens (tertiary/aromatic N) is 2. The highest BCUT2D eigenvalue weighted by atomic mass is 16.5. The van der Waals surface area contributed by atoms with E-state index in [1.807, 2.05) is 48.5 Å². The third-order valence-corrected chi connectivity index (χ3v) is 14.1. The van der Waals surface area contributed by atoms with Crippen molar-refractivity contribution in [1.82, 2.24) is 36.4 Å². The van der Waals surface area contributed by atoms with E-state index in [9.17, 15) is 54.0 Å². The summed E-state index contributed by atoms with van der Waals surface area (Å²) < 4.78 is 5.86. The van der Waals surface area contributed by atoms with Crippen LogP contribution in [0.15, 0.2) is 97.1 Å². The molecule has 3 heterocycles. The van der Waals surface area contributed by atoms with Crippen molar-refractivity contribution in [3.05, 3.63) is 108 Å². The van der Waals surface area contributed by atoms with Crippen LogP contribution in [0, 0.1) is 0 Å². The lowest BCUT2D eigenvalue weighted by Gasteiger charge is -2.32. The maximum absolute atomic E-state index is 14.4. The summed E-state index contributed by atoms with van der Waals surface area (Å²) in [5.41, 5.74) is 10.9. The number of hydrogen-bond acceptors (Lipinski definition) is 13. The van der Waals surface area contributed by atoms with Crippen LogP contribution in [0.25, 0.3) is 22.3 Å². The van der Waals surface area contributed by atoms with E-state index in [4.69, 9.17) is 10.5 Å². The third kappa shape index (κ3) is 14.5. The highest BCUT2D eigenvalue weighted by molar-refractivity contribution is 6.00. The Bertz CT molecular complexity index is 2650. The fourth-order valence-corrected chi connectivity index (χ4v) is 9.76. The molecule has 0 bridgehead atoms. The number of aromatic hydroxyl groups is 1. The molecule has 1 unspecified atom stereocenters. The molecule has 3 saturated heterocycles. The van der Waals surface area contributed by atoms with Crippen molar-refractivity contribution >= 4 is 41.4 Å². The molecule has 9 atom stereocenters. The van der Waals surface area contributed by atoms with Gasteiger partial charge in [-0.1, -0.05) is 80.4 Å². The quantitative estimate of drug-likeness (QED) is 0.0805. The van der Waals surface area contributed by atoms with Gasteiger partial charge in [0.1, 0.15) is 47.8 Å². The second kappa shape index (κ2) is 26.4. The molecule has 20 nitrogen and oxygen atoms in total. The van der Waals surface area contributed by atoms with E-state index in [2.05, 4.69) is 33.5 Å². The SMILES string of the molecule is CCCCCOc1ccc(-c2ccc(-c3ccc(C(=O)N[C@H]4CCCNC(=O)[C@@H]5C[C@H](N)CN5C(=O)[C@H](CO)NC(=O)C(CCc5ccc(O)cc5)NC(=O)[C@@H]5C[C@@H](O)CN5C(=O)[C@H]([C@@H](C)O)NC4=O)cc3)cc2)cc1. The zero-order valence-corrected chi connectivity index (χ0v) is 42.9. The molecule has 7 rings (SSSR count). The maximum atomic E-state index is 14.4. The van der Waals surface area contributed by atoms with Crippen LogP contribution < -0.4 is 37.1 Å². The summed E-state index contributed by atoms with van der Waals surface area (Å²) in [5, 5.41) is 55.4. The Morgan fingerprint density at radius 1 is 0.737 bits per heavy atom. The average Bonchev–Trinajstić information content (AvgIpc) is 4.02. The van der Waals surface area contributed by atoms with Crippen LogP contribution in [0.5, 0.6) is 11.5 Å². The molecule has 0 aliphatic carbocycles. The summed E-state index contributed by atoms with van der Waals surface area (Å²) >= 11 is 0. The smallest absolute Gasteiger partial charge is 0.251 e. The minimum absolute atomic E-state index is 0.00411. The lowest BCUT2D eigenvalue weighted by atomic mass is 9.99. The van der Waals surface area contributed by atoms with E-state index in [-0.39, 0.29) is 69.5 Å². The topological polar surface area (TPSA) is 302 Å². The van der Waals surface area contributed by atoms with Gasteiger partial charge < -0.3 is 67.3 Å². The van der Waals surface area contributed by atoms with Gasteiger partial charge in [-0.15, -0.1) is 0 Å². The summed E-state index contributed by atoms with van der Waals surface area (Å²) in [6, 6.07) is 19.7. The van der Waals surface area contributed by atoms with Gasteiger partial charge in [0.25, 0.3) is 5.91 Å². The number of nitrogens with one attached hydrogen (secondary N) is 5. The first-order chi connectivity index (χ1) is 36.5. The molecule has 4 aromatic carbocycles. The third-order valence-electron chi connectivity index (χ3n) is 14.1. The lowest BCUT2D eigenvalue weighted by molar-refractivity contribution is -0.145. The minimum atomic E-state index is -1.68. The van der Waals surface area contributed by atoms with Crippen LogP contribution in [0.3, 0.4) is 0 Å². The van der Waals surface area contributed by atoms with Gasteiger partial charge in [-0.3, -0.25) is 33.6 Å². The number of phenolic OH excluding ortho intramolecular Hbond substituents is 1. The van der Waals surface area contributed by atoms with E-state index < -0.39 is 102 Å². The molecule has 20 heteroatoms. The highest BCUT2D eigenvalue weighted by Gasteiger charge is 2.45. The molecule has 7 amide bonds. The largest absolute Gasteiger partial charge is 0.508 e. The van der Waals surface area contributed by atoms with Crippen molar-refractivity contribution in [2.75, 3.05) is 32.8 Å². The van der Waals surface area contributed by atoms with Crippen molar-refractivity contribution < 1.29 is 58.7 Å². The van der Waals surface area contributed by atoms with Crippen LogP contribution in [-0.2, 0) is 35.2 Å². The lowest BCUT2D eigenvalue weighted by Crippen LogP contribution is -2.61. The Morgan fingerprint density at radius 2 is 1.33 bits per heavy atom. The van der Waals surface area contributed by atoms with E-state index in [1.54, 1.807) is 36.4 Å². The number of carbonyl (C=O) groups is 7. The van der Waals surface area contributed by atoms with Crippen LogP contribution >= 0.6 is 0 Å². The van der Waals surface area contributed by atoms with E-state index in [1.165, 1.54) is 24.0 Å². The van der Waals surface area contributed by atoms with Gasteiger partial charge in [0.15, 0.2) is 0 Å². The molecule has 3 aliphatic rings. The van der Waals surface area contributed by atoms with Gasteiger partial charge in [0, 0.05) is 37.7 Å². The second-order valence-corrected chi connectivity index (χ2v) is 19.8. The van der Waals surface area contributed by atoms with Crippen molar-refractivity contribution in [3.8, 4) is 33.8 Å². The molecule has 76 heavy (non-hydrogen) atoms. The number of carbonyl (C=O) groups excluding carboxylic acids is 7. The van der Waals surface area contributed by atoms with Gasteiger partial charge in [0.2, 0.25) is 35.4 Å². The van der Waals surface area contributed by atoms with Crippen LogP contribution in [0.1, 0.15) is 81.1 Å². The summed E-state index contributed by atoms with van der Waals surface area (Å²) in [6.07, 6.45) is 0.399. The average molecular weight is 1050 g/mol. The molecule has 3 aliphatic heterocycles. The van der Waals surface area contributed by atoms with Crippen LogP contribution in [0.4, 0.5) is 0 Å². The second-order valence-electron chi connectivity index (χ2n) is 19.8. The number of benzene rings is 4. The number of aryl methyl sites for hydroxylation is 1. The van der Waals surface area contributed by atoms with Gasteiger partial charge in [-0.2, -0.15) is 0 Å². The van der Waals surface area contributed by atoms with E-state index in [0.29, 0.717) is 12.2 Å². The van der Waals surface area contributed by atoms with E-state index >= 15 is 0 Å². The van der Waals surface area contributed by atoms with Crippen molar-refractivity contribution in [2.45, 2.75) is 126 Å². The Kier molecular flexibility index (Phi) is 19.6. The predicted molar refractivity (Wildman–Crippen MR) is 281 cm³/mol. The Morgan fingerprint density at radius 3 is 1.95 bits per heavy atom. The molecule has 11 N–H and O–H groups in total. The first-order valence-electron chi connectivity index (χ1n) is 26.1. The number of nitrogens with two attached hydrogens (primary N) is 1. The number of phenols is 1. The number of aliphatic hydroxyl groups is 3. The first-order valence-corrected chi connectivity index (χ1v) is 26.1. The van der Waals surface area contributed by atoms with Crippen molar-refractivity contribution in [3.63, 3.8) is 0 Å². The van der Waals surface area contributed by atoms with Crippen LogP contribution in [0.2, 0.25) is 0 Å². The number of unbranched alkanes of at least 4 members (excludes halogenated alkanes) is 2. The molecule has 0 aromatic heterocycles. The van der Waals surface area contributed by atoms with Gasteiger partial charge in [0.05, 0.1) is 25.4 Å². The van der Waals surface area contributed by atoms with E-state index in [0.717, 1.165) is 52.2 Å². The van der Waals surface area contributed by atoms with Crippen LogP contribution in [-0.4, -0.2) is 159 Å². The summed E-state index contributed by atoms with van der Waals surface area (Å²) in [6.45, 7) is 2.72. The molecule has 0 spiro atoms. The number of amides is 7. The molecule has 406 valence electrons. The molecule has 0 saturated carbocycles. The normalized spacial score (nSPS) is 24.5. The number of rotatable bonds is 14. The Hall–Kier alpha value is -7.39. The maximum Gasteiger partial charge on any atom is 0.251 e.